The van der Waals surface area contributed by atoms with Gasteiger partial charge in [0.2, 0.25) is 5.91 Å². The first-order valence-corrected chi connectivity index (χ1v) is 13.6. The number of thiocarbonyl (C=S) groups is 1. The fourth-order valence-electron chi connectivity index (χ4n) is 5.41. The van der Waals surface area contributed by atoms with Crippen LogP contribution in [0.4, 0.5) is 5.69 Å². The third-order valence-electron chi connectivity index (χ3n) is 7.43. The number of anilines is 1. The van der Waals surface area contributed by atoms with Crippen LogP contribution in [0.3, 0.4) is 0 Å². The number of carbonyl (C=O) groups is 1. The minimum Gasteiger partial charge on any atom is -0.352 e. The summed E-state index contributed by atoms with van der Waals surface area (Å²) < 4.78 is 2.20. The van der Waals surface area contributed by atoms with Crippen LogP contribution in [-0.2, 0) is 4.79 Å². The van der Waals surface area contributed by atoms with Gasteiger partial charge in [-0.15, -0.1) is 0 Å². The Morgan fingerprint density at radius 1 is 0.974 bits per heavy atom. The van der Waals surface area contributed by atoms with Crippen LogP contribution < -0.4 is 10.6 Å². The van der Waals surface area contributed by atoms with E-state index in [4.69, 9.17) is 12.2 Å². The minimum absolute atomic E-state index is 0.0406. The third kappa shape index (κ3) is 5.29. The van der Waals surface area contributed by atoms with Crippen molar-refractivity contribution < 1.29 is 4.79 Å². The van der Waals surface area contributed by atoms with Gasteiger partial charge >= 0.3 is 0 Å². The normalized spacial score (nSPS) is 16.8. The first-order valence-electron chi connectivity index (χ1n) is 13.2. The molecule has 0 aliphatic carbocycles. The Bertz CT molecular complexity index is 1530. The number of aryl methyl sites for hydroxylation is 4. The molecular formula is C31H34N6OS. The molecular weight excluding hydrogens is 504 g/mol. The molecule has 0 saturated carbocycles. The van der Waals surface area contributed by atoms with Crippen LogP contribution in [0.5, 0.6) is 0 Å². The molecule has 8 heteroatoms. The quantitative estimate of drug-likeness (QED) is 0.289. The molecule has 1 fully saturated rings. The summed E-state index contributed by atoms with van der Waals surface area (Å²) in [6, 6.07) is 18.0. The molecule has 4 heterocycles. The summed E-state index contributed by atoms with van der Waals surface area (Å²) in [6.45, 7) is 10.8. The van der Waals surface area contributed by atoms with Crippen molar-refractivity contribution in [3.63, 3.8) is 0 Å². The lowest BCUT2D eigenvalue weighted by molar-refractivity contribution is -0.116. The number of pyridine rings is 2. The first-order chi connectivity index (χ1) is 18.7. The Morgan fingerprint density at radius 3 is 2.51 bits per heavy atom. The van der Waals surface area contributed by atoms with E-state index in [2.05, 4.69) is 63.0 Å². The predicted octanol–water partition coefficient (Wildman–Crippen LogP) is 5.81. The molecule has 39 heavy (non-hydrogen) atoms. The zero-order chi connectivity index (χ0) is 27.7. The third-order valence-corrected chi connectivity index (χ3v) is 7.78. The summed E-state index contributed by atoms with van der Waals surface area (Å²) >= 11 is 5.85. The van der Waals surface area contributed by atoms with Gasteiger partial charge in [0.15, 0.2) is 5.11 Å². The van der Waals surface area contributed by atoms with Crippen molar-refractivity contribution in [2.75, 3.05) is 11.9 Å². The highest BCUT2D eigenvalue weighted by molar-refractivity contribution is 7.80. The Kier molecular flexibility index (Phi) is 7.48. The summed E-state index contributed by atoms with van der Waals surface area (Å²) in [5.41, 5.74) is 8.33. The minimum atomic E-state index is -0.153. The smallest absolute Gasteiger partial charge is 0.226 e. The molecule has 0 radical (unpaired) electrons. The van der Waals surface area contributed by atoms with E-state index < -0.39 is 0 Å². The number of nitrogens with one attached hydrogen (secondary N) is 2. The van der Waals surface area contributed by atoms with Crippen molar-refractivity contribution in [2.45, 2.75) is 53.1 Å². The molecule has 1 aliphatic heterocycles. The second-order valence-electron chi connectivity index (χ2n) is 10.2. The molecule has 4 aromatic rings. The molecule has 0 spiro atoms. The SMILES string of the molecule is Cc1ccc(C)c(NC(=O)CCN2C(=S)NC(c3ccccn3)C2c2cc(C)n(-c3ncccc3C)c2C)c1. The molecule has 1 saturated heterocycles. The molecule has 2 unspecified atom stereocenters. The lowest BCUT2D eigenvalue weighted by atomic mass is 9.96. The van der Waals surface area contributed by atoms with Gasteiger partial charge in [-0.25, -0.2) is 4.98 Å². The van der Waals surface area contributed by atoms with Crippen LogP contribution in [0.1, 0.15) is 57.8 Å². The summed E-state index contributed by atoms with van der Waals surface area (Å²) in [5, 5.41) is 7.21. The fraction of sp³-hybridized carbons (Fsp3) is 0.290. The second-order valence-corrected chi connectivity index (χ2v) is 10.6. The van der Waals surface area contributed by atoms with Gasteiger partial charge in [0.05, 0.1) is 17.8 Å². The lowest BCUT2D eigenvalue weighted by Gasteiger charge is -2.28. The van der Waals surface area contributed by atoms with Crippen molar-refractivity contribution in [3.8, 4) is 5.82 Å². The highest BCUT2D eigenvalue weighted by Gasteiger charge is 2.41. The van der Waals surface area contributed by atoms with Gasteiger partial charge < -0.3 is 20.1 Å². The number of carbonyl (C=O) groups excluding carboxylic acids is 1. The highest BCUT2D eigenvalue weighted by Crippen LogP contribution is 2.41. The van der Waals surface area contributed by atoms with Gasteiger partial charge in [0.25, 0.3) is 0 Å². The van der Waals surface area contributed by atoms with Crippen LogP contribution >= 0.6 is 12.2 Å². The maximum Gasteiger partial charge on any atom is 0.226 e. The summed E-state index contributed by atoms with van der Waals surface area (Å²) in [5.74, 6) is 0.877. The van der Waals surface area contributed by atoms with E-state index in [1.807, 2.05) is 62.5 Å². The molecule has 1 aromatic carbocycles. The van der Waals surface area contributed by atoms with Gasteiger partial charge in [0, 0.05) is 42.4 Å². The maximum absolute atomic E-state index is 13.1. The van der Waals surface area contributed by atoms with Gasteiger partial charge in [-0.05, 0) is 99.4 Å². The van der Waals surface area contributed by atoms with E-state index in [0.29, 0.717) is 18.1 Å². The molecule has 7 nitrogen and oxygen atoms in total. The summed E-state index contributed by atoms with van der Waals surface area (Å²) in [7, 11) is 0. The Balaban J connectivity index is 1.48. The van der Waals surface area contributed by atoms with E-state index >= 15 is 0 Å². The molecule has 0 bridgehead atoms. The molecule has 2 atom stereocenters. The molecule has 1 aliphatic rings. The van der Waals surface area contributed by atoms with Crippen LogP contribution in [0, 0.1) is 34.6 Å². The van der Waals surface area contributed by atoms with Crippen molar-refractivity contribution in [1.29, 1.82) is 0 Å². The average molecular weight is 539 g/mol. The molecule has 2 N–H and O–H groups in total. The van der Waals surface area contributed by atoms with E-state index in [9.17, 15) is 4.79 Å². The van der Waals surface area contributed by atoms with Crippen LogP contribution in [0.2, 0.25) is 0 Å². The van der Waals surface area contributed by atoms with E-state index in [1.165, 1.54) is 0 Å². The predicted molar refractivity (Wildman–Crippen MR) is 159 cm³/mol. The van der Waals surface area contributed by atoms with Crippen LogP contribution in [-0.4, -0.2) is 37.0 Å². The van der Waals surface area contributed by atoms with Crippen molar-refractivity contribution in [2.24, 2.45) is 0 Å². The Labute approximate surface area is 235 Å². The number of amides is 1. The van der Waals surface area contributed by atoms with E-state index in [0.717, 1.165) is 50.8 Å². The van der Waals surface area contributed by atoms with Crippen LogP contribution in [0.15, 0.2) is 67.0 Å². The van der Waals surface area contributed by atoms with Gasteiger partial charge in [0.1, 0.15) is 5.82 Å². The maximum atomic E-state index is 13.1. The number of hydrogen-bond acceptors (Lipinski definition) is 4. The highest BCUT2D eigenvalue weighted by atomic mass is 32.1. The number of aromatic nitrogens is 3. The van der Waals surface area contributed by atoms with Crippen molar-refractivity contribution in [1.82, 2.24) is 24.8 Å². The average Bonchev–Trinajstić information content (AvgIpc) is 3.40. The number of rotatable bonds is 7. The molecule has 5 rings (SSSR count). The number of benzene rings is 1. The number of hydrogen-bond donors (Lipinski definition) is 2. The van der Waals surface area contributed by atoms with Crippen molar-refractivity contribution >= 4 is 28.9 Å². The molecule has 3 aromatic heterocycles. The lowest BCUT2D eigenvalue weighted by Crippen LogP contribution is -2.33. The van der Waals surface area contributed by atoms with E-state index in [-0.39, 0.29) is 18.0 Å². The Hall–Kier alpha value is -4.04. The van der Waals surface area contributed by atoms with Gasteiger partial charge in [-0.2, -0.15) is 0 Å². The van der Waals surface area contributed by atoms with Gasteiger partial charge in [-0.1, -0.05) is 24.3 Å². The Morgan fingerprint density at radius 2 is 1.77 bits per heavy atom. The fourth-order valence-corrected chi connectivity index (χ4v) is 5.75. The zero-order valence-electron chi connectivity index (χ0n) is 23.0. The monoisotopic (exact) mass is 538 g/mol. The largest absolute Gasteiger partial charge is 0.352 e. The van der Waals surface area contributed by atoms with E-state index in [1.54, 1.807) is 6.20 Å². The standard InChI is InChI=1S/C31H34N6OS/c1-19-11-12-20(2)26(17-19)34-27(38)13-16-36-29(28(35-31(36)39)25-10-6-7-14-32-25)24-18-22(4)37(23(24)5)30-21(3)9-8-15-33-30/h6-12,14-15,17-18,28-29H,13,16H2,1-5H3,(H,34,38)(H,35,39). The van der Waals surface area contributed by atoms with Crippen molar-refractivity contribution in [3.05, 3.63) is 106 Å². The number of nitrogens with zero attached hydrogens (tertiary/aromatic N) is 4. The molecule has 1 amide bonds. The first kappa shape index (κ1) is 26.6. The van der Waals surface area contributed by atoms with Crippen LogP contribution in [0.25, 0.3) is 5.82 Å². The summed E-state index contributed by atoms with van der Waals surface area (Å²) in [4.78, 5) is 24.5. The topological polar surface area (TPSA) is 75.1 Å². The summed E-state index contributed by atoms with van der Waals surface area (Å²) in [6.07, 6.45) is 3.93. The molecule has 200 valence electrons. The zero-order valence-corrected chi connectivity index (χ0v) is 23.8. The second kappa shape index (κ2) is 11.0. The van der Waals surface area contributed by atoms with Gasteiger partial charge in [-0.3, -0.25) is 9.78 Å².